The fourth-order valence-corrected chi connectivity index (χ4v) is 2.66. The molecule has 0 radical (unpaired) electrons. The van der Waals surface area contributed by atoms with Gasteiger partial charge in [0, 0.05) is 0 Å². The van der Waals surface area contributed by atoms with Crippen LogP contribution < -0.4 is 9.46 Å². The van der Waals surface area contributed by atoms with E-state index in [2.05, 4.69) is 0 Å². The summed E-state index contributed by atoms with van der Waals surface area (Å²) < 4.78 is 68.1. The van der Waals surface area contributed by atoms with Crippen molar-refractivity contribution in [3.8, 4) is 5.75 Å². The molecule has 21 heavy (non-hydrogen) atoms. The molecule has 0 bridgehead atoms. The van der Waals surface area contributed by atoms with E-state index in [9.17, 15) is 26.4 Å². The van der Waals surface area contributed by atoms with Gasteiger partial charge in [0.25, 0.3) is 0 Å². The molecule has 2 N–H and O–H groups in total. The van der Waals surface area contributed by atoms with Gasteiger partial charge in [-0.25, -0.2) is 13.2 Å². The van der Waals surface area contributed by atoms with Gasteiger partial charge < -0.3 is 9.84 Å². The van der Waals surface area contributed by atoms with Crippen LogP contribution >= 0.6 is 0 Å². The normalized spacial score (nSPS) is 15.3. The van der Waals surface area contributed by atoms with Gasteiger partial charge >= 0.3 is 12.1 Å². The number of ether oxygens (including phenoxy) is 1. The van der Waals surface area contributed by atoms with Gasteiger partial charge in [-0.15, -0.1) is 0 Å². The van der Waals surface area contributed by atoms with Crippen LogP contribution in [0.5, 0.6) is 5.75 Å². The van der Waals surface area contributed by atoms with E-state index in [1.165, 1.54) is 24.0 Å². The molecule has 1 unspecified atom stereocenters. The van der Waals surface area contributed by atoms with Gasteiger partial charge in [0.15, 0.2) is 0 Å². The fourth-order valence-electron chi connectivity index (χ4n) is 1.31. The Morgan fingerprint density at radius 2 is 1.71 bits per heavy atom. The lowest BCUT2D eigenvalue weighted by molar-refractivity contribution is -0.201. The number of aliphatic carboxylic acids is 1. The van der Waals surface area contributed by atoms with Gasteiger partial charge in [0.05, 0.1) is 12.0 Å². The zero-order chi connectivity index (χ0) is 16.5. The predicted octanol–water partition coefficient (Wildman–Crippen LogP) is 1.38. The van der Waals surface area contributed by atoms with Crippen molar-refractivity contribution in [3.63, 3.8) is 0 Å². The summed E-state index contributed by atoms with van der Waals surface area (Å²) >= 11 is 0. The van der Waals surface area contributed by atoms with Crippen LogP contribution in [0.3, 0.4) is 0 Å². The minimum Gasteiger partial charge on any atom is -0.497 e. The smallest absolute Gasteiger partial charge is 0.418 e. The maximum atomic E-state index is 12.8. The first kappa shape index (κ1) is 17.2. The van der Waals surface area contributed by atoms with E-state index in [0.29, 0.717) is 5.75 Å². The molecular weight excluding hydrogens is 315 g/mol. The number of rotatable bonds is 5. The second kappa shape index (κ2) is 5.53. The summed E-state index contributed by atoms with van der Waals surface area (Å²) in [6, 6.07) is 4.44. The first-order valence-corrected chi connectivity index (χ1v) is 6.90. The minimum atomic E-state index is -5.31. The average Bonchev–Trinajstić information content (AvgIpc) is 2.36. The van der Waals surface area contributed by atoms with Crippen molar-refractivity contribution in [2.24, 2.45) is 0 Å². The van der Waals surface area contributed by atoms with Crippen molar-refractivity contribution in [2.45, 2.75) is 23.5 Å². The number of hydrogen-bond donors (Lipinski definition) is 2. The van der Waals surface area contributed by atoms with Crippen LogP contribution in [0.1, 0.15) is 6.92 Å². The maximum Gasteiger partial charge on any atom is 0.418 e. The quantitative estimate of drug-likeness (QED) is 0.852. The Morgan fingerprint density at radius 3 is 2.05 bits per heavy atom. The van der Waals surface area contributed by atoms with E-state index in [4.69, 9.17) is 9.84 Å². The molecule has 0 aliphatic carbocycles. The van der Waals surface area contributed by atoms with Crippen LogP contribution in [0.4, 0.5) is 13.2 Å². The fraction of sp³-hybridized carbons (Fsp3) is 0.364. The van der Waals surface area contributed by atoms with Gasteiger partial charge in [0.2, 0.25) is 15.6 Å². The van der Waals surface area contributed by atoms with Crippen molar-refractivity contribution in [1.29, 1.82) is 0 Å². The summed E-state index contributed by atoms with van der Waals surface area (Å²) in [5, 5.41) is 8.69. The van der Waals surface area contributed by atoms with E-state index in [1.54, 1.807) is 0 Å². The molecule has 0 amide bonds. The van der Waals surface area contributed by atoms with E-state index < -0.39 is 32.6 Å². The average molecular weight is 327 g/mol. The van der Waals surface area contributed by atoms with Crippen molar-refractivity contribution >= 4 is 16.0 Å². The zero-order valence-corrected chi connectivity index (χ0v) is 11.7. The molecule has 1 aromatic carbocycles. The second-order valence-electron chi connectivity index (χ2n) is 4.21. The summed E-state index contributed by atoms with van der Waals surface area (Å²) in [4.78, 5) is 10.3. The van der Waals surface area contributed by atoms with Crippen molar-refractivity contribution in [2.75, 3.05) is 7.11 Å². The highest BCUT2D eigenvalue weighted by atomic mass is 32.2. The SMILES string of the molecule is COc1ccc(S(=O)(=O)NC(C)(C(=O)O)C(F)(F)F)cc1. The van der Waals surface area contributed by atoms with Crippen molar-refractivity contribution in [1.82, 2.24) is 4.72 Å². The highest BCUT2D eigenvalue weighted by molar-refractivity contribution is 7.89. The molecule has 118 valence electrons. The largest absolute Gasteiger partial charge is 0.497 e. The number of halogens is 3. The third-order valence-electron chi connectivity index (χ3n) is 2.70. The topological polar surface area (TPSA) is 92.7 Å². The molecule has 0 aromatic heterocycles. The molecule has 10 heteroatoms. The van der Waals surface area contributed by atoms with E-state index in [-0.39, 0.29) is 6.92 Å². The lowest BCUT2D eigenvalue weighted by Crippen LogP contribution is -2.61. The highest BCUT2D eigenvalue weighted by Crippen LogP contribution is 2.32. The number of nitrogens with one attached hydrogen (secondary N) is 1. The van der Waals surface area contributed by atoms with Gasteiger partial charge in [-0.2, -0.15) is 17.9 Å². The maximum absolute atomic E-state index is 12.8. The Hall–Kier alpha value is -1.81. The third kappa shape index (κ3) is 3.45. The number of carboxylic acid groups (broad SMARTS) is 1. The number of hydrogen-bond acceptors (Lipinski definition) is 4. The number of carboxylic acids is 1. The monoisotopic (exact) mass is 327 g/mol. The van der Waals surface area contributed by atoms with Gasteiger partial charge in [-0.05, 0) is 31.2 Å². The van der Waals surface area contributed by atoms with Crippen molar-refractivity contribution in [3.05, 3.63) is 24.3 Å². The van der Waals surface area contributed by atoms with E-state index >= 15 is 0 Å². The molecule has 0 aliphatic heterocycles. The first-order valence-electron chi connectivity index (χ1n) is 5.42. The standard InChI is InChI=1S/C11H12F3NO5S/c1-10(9(16)17,11(12,13)14)15-21(18,19)8-5-3-7(20-2)4-6-8/h3-6,15H,1-2H3,(H,16,17). The first-order chi connectivity index (χ1) is 9.44. The van der Waals surface area contributed by atoms with Gasteiger partial charge in [0.1, 0.15) is 5.75 Å². The summed E-state index contributed by atoms with van der Waals surface area (Å²) in [5.41, 5.74) is -3.63. The number of methoxy groups -OCH3 is 1. The Labute approximate surface area is 118 Å². The molecule has 0 fully saturated rings. The molecule has 0 saturated carbocycles. The molecule has 0 spiro atoms. The molecule has 1 aromatic rings. The van der Waals surface area contributed by atoms with Crippen molar-refractivity contribution < 1.29 is 36.2 Å². The summed E-state index contributed by atoms with van der Waals surface area (Å²) in [5.74, 6) is -2.06. The Morgan fingerprint density at radius 1 is 1.24 bits per heavy atom. The zero-order valence-electron chi connectivity index (χ0n) is 10.9. The molecule has 0 aliphatic rings. The summed E-state index contributed by atoms with van der Waals surface area (Å²) in [7, 11) is -3.35. The number of benzene rings is 1. The Bertz CT molecular complexity index is 626. The van der Waals surface area contributed by atoms with Gasteiger partial charge in [-0.1, -0.05) is 0 Å². The van der Waals surface area contributed by atoms with Crippen LogP contribution in [0, 0.1) is 0 Å². The molecule has 6 nitrogen and oxygen atoms in total. The molecule has 1 rings (SSSR count). The number of carbonyl (C=O) groups is 1. The third-order valence-corrected chi connectivity index (χ3v) is 4.27. The molecule has 0 heterocycles. The van der Waals surface area contributed by atoms with Crippen LogP contribution in [0.2, 0.25) is 0 Å². The van der Waals surface area contributed by atoms with E-state index in [0.717, 1.165) is 12.1 Å². The second-order valence-corrected chi connectivity index (χ2v) is 5.89. The summed E-state index contributed by atoms with van der Waals surface area (Å²) in [6.45, 7) is 0.233. The van der Waals surface area contributed by atoms with Gasteiger partial charge in [-0.3, -0.25) is 0 Å². The van der Waals surface area contributed by atoms with Crippen LogP contribution in [0.15, 0.2) is 29.2 Å². The molecule has 1 atom stereocenters. The number of alkyl halides is 3. The van der Waals surface area contributed by atoms with E-state index in [1.807, 2.05) is 0 Å². The minimum absolute atomic E-state index is 0.233. The number of sulfonamides is 1. The predicted molar refractivity (Wildman–Crippen MR) is 65.4 cm³/mol. The van der Waals surface area contributed by atoms with Crippen LogP contribution in [-0.4, -0.2) is 38.3 Å². The molecule has 0 saturated heterocycles. The highest BCUT2D eigenvalue weighted by Gasteiger charge is 2.59. The lowest BCUT2D eigenvalue weighted by Gasteiger charge is -2.28. The lowest BCUT2D eigenvalue weighted by atomic mass is 10.0. The Kier molecular flexibility index (Phi) is 4.54. The van der Waals surface area contributed by atoms with Crippen LogP contribution in [-0.2, 0) is 14.8 Å². The molecular formula is C11H12F3NO5S. The Balaban J connectivity index is 3.21. The van der Waals surface area contributed by atoms with Crippen LogP contribution in [0.25, 0.3) is 0 Å². The summed E-state index contributed by atoms with van der Waals surface area (Å²) in [6.07, 6.45) is -5.31.